The first-order chi connectivity index (χ1) is 13.9. The van der Waals surface area contributed by atoms with Gasteiger partial charge in [0.2, 0.25) is 0 Å². The molecule has 0 bridgehead atoms. The number of rotatable bonds is 5. The van der Waals surface area contributed by atoms with Crippen LogP contribution in [0, 0.1) is 0 Å². The summed E-state index contributed by atoms with van der Waals surface area (Å²) in [5.74, 6) is -0.714. The van der Waals surface area contributed by atoms with Gasteiger partial charge in [-0.05, 0) is 50.2 Å². The van der Waals surface area contributed by atoms with Crippen LogP contribution in [-0.2, 0) is 22.5 Å². The van der Waals surface area contributed by atoms with Crippen LogP contribution in [0.5, 0.6) is 0 Å². The molecule has 1 aromatic heterocycles. The Morgan fingerprint density at radius 2 is 2.00 bits per heavy atom. The zero-order valence-corrected chi connectivity index (χ0v) is 18.3. The molecule has 0 spiro atoms. The average molecular weight is 433 g/mol. The smallest absolute Gasteiger partial charge is 0.341 e. The van der Waals surface area contributed by atoms with E-state index in [1.807, 2.05) is 13.0 Å². The molecule has 2 N–H and O–H groups in total. The second kappa shape index (κ2) is 9.02. The Balaban J connectivity index is 1.84. The average Bonchev–Trinajstić information content (AvgIpc) is 3.05. The molecule has 0 aliphatic carbocycles. The number of anilines is 1. The van der Waals surface area contributed by atoms with Crippen molar-refractivity contribution in [2.75, 3.05) is 11.9 Å². The van der Waals surface area contributed by atoms with Crippen molar-refractivity contribution < 1.29 is 19.1 Å². The second-order valence-corrected chi connectivity index (χ2v) is 8.48. The number of esters is 1. The van der Waals surface area contributed by atoms with Crippen LogP contribution >= 0.6 is 23.6 Å². The standard InChI is InChI=1S/C21H24N2O4S2/c1-4-21(3)11-14-15(12-27-21)29-18(16(14)19(25)26-5-2)23-20(28)22-17(24)13-9-7-6-8-10-13/h6-10H,4-5,11-12H2,1-3H3,(H2,22,23,24,28)/t21-/m0/s1. The van der Waals surface area contributed by atoms with Crippen LogP contribution in [0.2, 0.25) is 0 Å². The first-order valence-electron chi connectivity index (χ1n) is 9.50. The fourth-order valence-electron chi connectivity index (χ4n) is 3.11. The van der Waals surface area contributed by atoms with Crippen LogP contribution in [0.4, 0.5) is 5.00 Å². The second-order valence-electron chi connectivity index (χ2n) is 6.97. The Labute approximate surface area is 179 Å². The van der Waals surface area contributed by atoms with Crippen molar-refractivity contribution in [3.63, 3.8) is 0 Å². The van der Waals surface area contributed by atoms with Gasteiger partial charge in [0, 0.05) is 16.9 Å². The lowest BCUT2D eigenvalue weighted by molar-refractivity contribution is -0.0548. The van der Waals surface area contributed by atoms with E-state index in [1.54, 1.807) is 31.2 Å². The topological polar surface area (TPSA) is 76.7 Å². The van der Waals surface area contributed by atoms with E-state index in [0.29, 0.717) is 29.2 Å². The quantitative estimate of drug-likeness (QED) is 0.542. The molecular formula is C21H24N2O4S2. The maximum absolute atomic E-state index is 12.7. The summed E-state index contributed by atoms with van der Waals surface area (Å²) in [7, 11) is 0. The molecule has 0 saturated carbocycles. The molecular weight excluding hydrogens is 408 g/mol. The van der Waals surface area contributed by atoms with Gasteiger partial charge in [-0.3, -0.25) is 10.1 Å². The summed E-state index contributed by atoms with van der Waals surface area (Å²) in [6.45, 7) is 6.59. The van der Waals surface area contributed by atoms with E-state index >= 15 is 0 Å². The highest BCUT2D eigenvalue weighted by molar-refractivity contribution is 7.80. The number of carbonyl (C=O) groups excluding carboxylic acids is 2. The van der Waals surface area contributed by atoms with Gasteiger partial charge < -0.3 is 14.8 Å². The van der Waals surface area contributed by atoms with Crippen LogP contribution in [-0.4, -0.2) is 29.2 Å². The summed E-state index contributed by atoms with van der Waals surface area (Å²) in [5.41, 5.74) is 1.59. The molecule has 0 radical (unpaired) electrons. The number of amides is 1. The number of hydrogen-bond donors (Lipinski definition) is 2. The third-order valence-electron chi connectivity index (χ3n) is 4.91. The Morgan fingerprint density at radius 1 is 1.28 bits per heavy atom. The Bertz CT molecular complexity index is 926. The first kappa shape index (κ1) is 21.4. The molecule has 154 valence electrons. The van der Waals surface area contributed by atoms with Crippen LogP contribution < -0.4 is 10.6 Å². The van der Waals surface area contributed by atoms with Gasteiger partial charge in [-0.25, -0.2) is 4.79 Å². The van der Waals surface area contributed by atoms with E-state index in [-0.39, 0.29) is 23.2 Å². The van der Waals surface area contributed by atoms with Gasteiger partial charge in [-0.15, -0.1) is 11.3 Å². The number of thiocarbonyl (C=S) groups is 1. The highest BCUT2D eigenvalue weighted by atomic mass is 32.1. The lowest BCUT2D eigenvalue weighted by Gasteiger charge is -2.33. The third-order valence-corrected chi connectivity index (χ3v) is 6.24. The molecule has 1 atom stereocenters. The zero-order chi connectivity index (χ0) is 21.0. The summed E-state index contributed by atoms with van der Waals surface area (Å²) >= 11 is 6.71. The Hall–Kier alpha value is -2.29. The molecule has 2 heterocycles. The molecule has 1 aromatic carbocycles. The van der Waals surface area contributed by atoms with Crippen molar-refractivity contribution in [1.29, 1.82) is 0 Å². The molecule has 6 nitrogen and oxygen atoms in total. The Morgan fingerprint density at radius 3 is 2.66 bits per heavy atom. The van der Waals surface area contributed by atoms with Crippen LogP contribution in [0.25, 0.3) is 0 Å². The van der Waals surface area contributed by atoms with Gasteiger partial charge in [-0.2, -0.15) is 0 Å². The van der Waals surface area contributed by atoms with Crippen molar-refractivity contribution in [2.45, 2.75) is 45.8 Å². The van der Waals surface area contributed by atoms with Crippen molar-refractivity contribution in [1.82, 2.24) is 5.32 Å². The number of ether oxygens (including phenoxy) is 2. The van der Waals surface area contributed by atoms with E-state index in [0.717, 1.165) is 16.9 Å². The predicted molar refractivity (Wildman–Crippen MR) is 118 cm³/mol. The van der Waals surface area contributed by atoms with Gasteiger partial charge in [0.15, 0.2) is 5.11 Å². The summed E-state index contributed by atoms with van der Waals surface area (Å²) in [4.78, 5) is 26.0. The van der Waals surface area contributed by atoms with E-state index in [9.17, 15) is 9.59 Å². The number of thiophene rings is 1. The number of carbonyl (C=O) groups is 2. The summed E-state index contributed by atoms with van der Waals surface area (Å²) in [6.07, 6.45) is 1.45. The molecule has 0 saturated heterocycles. The summed E-state index contributed by atoms with van der Waals surface area (Å²) in [6, 6.07) is 8.80. The molecule has 8 heteroatoms. The fraction of sp³-hybridized carbons (Fsp3) is 0.381. The molecule has 1 amide bonds. The maximum atomic E-state index is 12.7. The minimum absolute atomic E-state index is 0.127. The Kier molecular flexibility index (Phi) is 6.66. The summed E-state index contributed by atoms with van der Waals surface area (Å²) < 4.78 is 11.3. The normalized spacial score (nSPS) is 17.9. The molecule has 0 fully saturated rings. The predicted octanol–water partition coefficient (Wildman–Crippen LogP) is 4.29. The molecule has 3 rings (SSSR count). The molecule has 1 aliphatic rings. The fourth-order valence-corrected chi connectivity index (χ4v) is 4.50. The van der Waals surface area contributed by atoms with E-state index in [2.05, 4.69) is 17.6 Å². The highest BCUT2D eigenvalue weighted by Crippen LogP contribution is 2.41. The van der Waals surface area contributed by atoms with Gasteiger partial charge in [0.25, 0.3) is 5.91 Å². The van der Waals surface area contributed by atoms with Gasteiger partial charge in [-0.1, -0.05) is 25.1 Å². The van der Waals surface area contributed by atoms with Gasteiger partial charge in [0.05, 0.1) is 24.4 Å². The maximum Gasteiger partial charge on any atom is 0.341 e. The van der Waals surface area contributed by atoms with Crippen LogP contribution in [0.3, 0.4) is 0 Å². The number of nitrogens with one attached hydrogen (secondary N) is 2. The third kappa shape index (κ3) is 4.83. The highest BCUT2D eigenvalue weighted by Gasteiger charge is 2.36. The summed E-state index contributed by atoms with van der Waals surface area (Å²) in [5, 5.41) is 6.36. The molecule has 29 heavy (non-hydrogen) atoms. The lowest BCUT2D eigenvalue weighted by atomic mass is 9.89. The minimum Gasteiger partial charge on any atom is -0.462 e. The number of benzene rings is 1. The van der Waals surface area contributed by atoms with E-state index in [4.69, 9.17) is 21.7 Å². The van der Waals surface area contributed by atoms with Crippen molar-refractivity contribution in [3.05, 3.63) is 51.9 Å². The van der Waals surface area contributed by atoms with Crippen molar-refractivity contribution in [2.24, 2.45) is 0 Å². The van der Waals surface area contributed by atoms with E-state index < -0.39 is 5.97 Å². The molecule has 0 unspecified atom stereocenters. The zero-order valence-electron chi connectivity index (χ0n) is 16.7. The number of hydrogen-bond acceptors (Lipinski definition) is 6. The first-order valence-corrected chi connectivity index (χ1v) is 10.7. The van der Waals surface area contributed by atoms with Crippen LogP contribution in [0.1, 0.15) is 58.3 Å². The SMILES string of the molecule is CCOC(=O)c1c(NC(=S)NC(=O)c2ccccc2)sc2c1C[C@](C)(CC)OC2. The lowest BCUT2D eigenvalue weighted by Crippen LogP contribution is -2.35. The van der Waals surface area contributed by atoms with Crippen LogP contribution in [0.15, 0.2) is 30.3 Å². The minimum atomic E-state index is -0.398. The molecule has 1 aliphatic heterocycles. The van der Waals surface area contributed by atoms with Gasteiger partial charge in [0.1, 0.15) is 5.00 Å². The van der Waals surface area contributed by atoms with E-state index in [1.165, 1.54) is 11.3 Å². The molecule has 2 aromatic rings. The van der Waals surface area contributed by atoms with Gasteiger partial charge >= 0.3 is 5.97 Å². The van der Waals surface area contributed by atoms with Crippen molar-refractivity contribution in [3.8, 4) is 0 Å². The number of fused-ring (bicyclic) bond motifs is 1. The monoisotopic (exact) mass is 432 g/mol. The largest absolute Gasteiger partial charge is 0.462 e. The van der Waals surface area contributed by atoms with Crippen molar-refractivity contribution >= 4 is 45.5 Å².